The van der Waals surface area contributed by atoms with Gasteiger partial charge in [-0.15, -0.1) is 0 Å². The maximum Gasteiger partial charge on any atom is 0.259 e. The maximum absolute atomic E-state index is 12.5. The number of carbonyl (C=O) groups excluding carboxylic acids is 1. The fourth-order valence-electron chi connectivity index (χ4n) is 3.94. The molecule has 0 spiro atoms. The molecule has 0 atom stereocenters. The summed E-state index contributed by atoms with van der Waals surface area (Å²) in [5.41, 5.74) is 3.24. The molecule has 5 nitrogen and oxygen atoms in total. The molecule has 0 saturated heterocycles. The summed E-state index contributed by atoms with van der Waals surface area (Å²) in [5, 5.41) is 3.58. The minimum Gasteiger partial charge on any atom is -0.326 e. The Labute approximate surface area is 164 Å². The zero-order valence-electron chi connectivity index (χ0n) is 16.1. The van der Waals surface area contributed by atoms with Crippen molar-refractivity contribution < 1.29 is 4.79 Å². The molecule has 144 valence electrons. The molecule has 3 aromatic rings. The summed E-state index contributed by atoms with van der Waals surface area (Å²) in [7, 11) is 0. The second-order valence-corrected chi connectivity index (χ2v) is 7.60. The molecule has 0 radical (unpaired) electrons. The van der Waals surface area contributed by atoms with Gasteiger partial charge in [0.05, 0.1) is 10.9 Å². The van der Waals surface area contributed by atoms with Crippen LogP contribution < -0.4 is 10.9 Å². The smallest absolute Gasteiger partial charge is 0.259 e. The summed E-state index contributed by atoms with van der Waals surface area (Å²) >= 11 is 0. The number of nitrogens with zero attached hydrogens (tertiary/aromatic N) is 1. The van der Waals surface area contributed by atoms with Crippen LogP contribution in [0.4, 0.5) is 5.69 Å². The van der Waals surface area contributed by atoms with Gasteiger partial charge in [0.25, 0.3) is 5.56 Å². The Hall–Kier alpha value is -2.95. The fraction of sp³-hybridized carbons (Fsp3) is 0.348. The highest BCUT2D eigenvalue weighted by Gasteiger charge is 2.18. The number of aryl methyl sites for hydroxylation is 1. The lowest BCUT2D eigenvalue weighted by Crippen LogP contribution is -2.15. The number of anilines is 1. The normalized spacial score (nSPS) is 14.5. The van der Waals surface area contributed by atoms with Crippen molar-refractivity contribution in [3.63, 3.8) is 0 Å². The van der Waals surface area contributed by atoms with Crippen LogP contribution in [0.1, 0.15) is 44.6 Å². The number of amides is 1. The van der Waals surface area contributed by atoms with E-state index in [2.05, 4.69) is 22.2 Å². The molecule has 5 heteroatoms. The van der Waals surface area contributed by atoms with E-state index in [-0.39, 0.29) is 11.5 Å². The van der Waals surface area contributed by atoms with Crippen molar-refractivity contribution in [3.8, 4) is 11.4 Å². The molecular formula is C23H25N3O2. The first-order valence-corrected chi connectivity index (χ1v) is 10.1. The van der Waals surface area contributed by atoms with Crippen molar-refractivity contribution in [2.24, 2.45) is 5.92 Å². The van der Waals surface area contributed by atoms with E-state index in [9.17, 15) is 9.59 Å². The van der Waals surface area contributed by atoms with Crippen LogP contribution in [-0.2, 0) is 11.2 Å². The number of nitrogens with one attached hydrogen (secondary N) is 2. The Morgan fingerprint density at radius 3 is 2.61 bits per heavy atom. The van der Waals surface area contributed by atoms with Gasteiger partial charge >= 0.3 is 0 Å². The summed E-state index contributed by atoms with van der Waals surface area (Å²) in [5.74, 6) is 1.13. The van der Waals surface area contributed by atoms with Gasteiger partial charge in [0.1, 0.15) is 5.82 Å². The minimum absolute atomic E-state index is 0.0728. The number of H-pyrrole nitrogens is 1. The van der Waals surface area contributed by atoms with E-state index < -0.39 is 0 Å². The van der Waals surface area contributed by atoms with Gasteiger partial charge in [0.15, 0.2) is 0 Å². The van der Waals surface area contributed by atoms with Gasteiger partial charge in [-0.1, -0.05) is 25.8 Å². The topological polar surface area (TPSA) is 74.8 Å². The standard InChI is InChI=1S/C23H25N3O2/c1-2-15-7-12-20-19(13-15)23(28)26-22(25-20)17-8-10-18(11-9-17)24-21(27)14-16-5-3-4-6-16/h7-13,16H,2-6,14H2,1H3,(H,24,27)(H,25,26,28). The van der Waals surface area contributed by atoms with Crippen LogP contribution in [0.5, 0.6) is 0 Å². The van der Waals surface area contributed by atoms with Gasteiger partial charge in [0, 0.05) is 17.7 Å². The number of carbonyl (C=O) groups is 1. The Morgan fingerprint density at radius 1 is 1.14 bits per heavy atom. The lowest BCUT2D eigenvalue weighted by molar-refractivity contribution is -0.117. The van der Waals surface area contributed by atoms with E-state index in [4.69, 9.17) is 0 Å². The number of hydrogen-bond donors (Lipinski definition) is 2. The highest BCUT2D eigenvalue weighted by atomic mass is 16.1. The second-order valence-electron chi connectivity index (χ2n) is 7.60. The number of hydrogen-bond acceptors (Lipinski definition) is 3. The Morgan fingerprint density at radius 2 is 1.89 bits per heavy atom. The quantitative estimate of drug-likeness (QED) is 0.680. The molecular weight excluding hydrogens is 350 g/mol. The van der Waals surface area contributed by atoms with Crippen molar-refractivity contribution in [3.05, 3.63) is 58.4 Å². The van der Waals surface area contributed by atoms with Crippen molar-refractivity contribution in [2.45, 2.75) is 45.4 Å². The Balaban J connectivity index is 1.51. The van der Waals surface area contributed by atoms with Crippen LogP contribution in [0.15, 0.2) is 47.3 Å². The number of rotatable bonds is 5. The summed E-state index contributed by atoms with van der Waals surface area (Å²) in [6, 6.07) is 13.2. The highest BCUT2D eigenvalue weighted by Crippen LogP contribution is 2.28. The SMILES string of the molecule is CCc1ccc2nc(-c3ccc(NC(=O)CC4CCCC4)cc3)[nH]c(=O)c2c1. The maximum atomic E-state index is 12.5. The van der Waals surface area contributed by atoms with Crippen LogP contribution >= 0.6 is 0 Å². The zero-order valence-corrected chi connectivity index (χ0v) is 16.1. The van der Waals surface area contributed by atoms with Gasteiger partial charge in [0.2, 0.25) is 5.91 Å². The molecule has 1 aliphatic carbocycles. The number of aromatic amines is 1. The first-order valence-electron chi connectivity index (χ1n) is 10.1. The number of benzene rings is 2. The van der Waals surface area contributed by atoms with Gasteiger partial charge < -0.3 is 10.3 Å². The fourth-order valence-corrected chi connectivity index (χ4v) is 3.94. The van der Waals surface area contributed by atoms with Crippen molar-refractivity contribution in [1.82, 2.24) is 9.97 Å². The zero-order chi connectivity index (χ0) is 19.5. The van der Waals surface area contributed by atoms with Gasteiger partial charge in [-0.05, 0) is 67.1 Å². The third-order valence-corrected chi connectivity index (χ3v) is 5.57. The van der Waals surface area contributed by atoms with E-state index in [0.29, 0.717) is 29.1 Å². The Kier molecular flexibility index (Phi) is 5.24. The van der Waals surface area contributed by atoms with Gasteiger partial charge in [-0.3, -0.25) is 9.59 Å². The lowest BCUT2D eigenvalue weighted by Gasteiger charge is -2.10. The monoisotopic (exact) mass is 375 g/mol. The first-order chi connectivity index (χ1) is 13.6. The summed E-state index contributed by atoms with van der Waals surface area (Å²) in [4.78, 5) is 32.1. The average Bonchev–Trinajstić information content (AvgIpc) is 3.21. The molecule has 0 aliphatic heterocycles. The van der Waals surface area contributed by atoms with Crippen molar-refractivity contribution in [2.75, 3.05) is 5.32 Å². The second kappa shape index (κ2) is 7.97. The van der Waals surface area contributed by atoms with E-state index in [0.717, 1.165) is 36.1 Å². The molecule has 4 rings (SSSR count). The van der Waals surface area contributed by atoms with E-state index in [1.807, 2.05) is 42.5 Å². The molecule has 1 saturated carbocycles. The largest absolute Gasteiger partial charge is 0.326 e. The molecule has 1 heterocycles. The van der Waals surface area contributed by atoms with Gasteiger partial charge in [-0.2, -0.15) is 0 Å². The summed E-state index contributed by atoms with van der Waals surface area (Å²) < 4.78 is 0. The molecule has 1 aliphatic rings. The minimum atomic E-state index is -0.135. The van der Waals surface area contributed by atoms with Crippen LogP contribution in [-0.4, -0.2) is 15.9 Å². The van der Waals surface area contributed by atoms with Crippen molar-refractivity contribution >= 4 is 22.5 Å². The molecule has 0 unspecified atom stereocenters. The molecule has 2 N–H and O–H groups in total. The van der Waals surface area contributed by atoms with Crippen molar-refractivity contribution in [1.29, 1.82) is 0 Å². The molecule has 1 fully saturated rings. The molecule has 28 heavy (non-hydrogen) atoms. The van der Waals surface area contributed by atoms with Crippen LogP contribution in [0.25, 0.3) is 22.3 Å². The molecule has 1 amide bonds. The summed E-state index contributed by atoms with van der Waals surface area (Å²) in [6.07, 6.45) is 6.28. The third kappa shape index (κ3) is 3.98. The van der Waals surface area contributed by atoms with Crippen LogP contribution in [0.2, 0.25) is 0 Å². The van der Waals surface area contributed by atoms with E-state index >= 15 is 0 Å². The van der Waals surface area contributed by atoms with E-state index in [1.54, 1.807) is 0 Å². The number of aromatic nitrogens is 2. The predicted molar refractivity (Wildman–Crippen MR) is 112 cm³/mol. The molecule has 1 aromatic heterocycles. The molecule has 2 aromatic carbocycles. The highest BCUT2D eigenvalue weighted by molar-refractivity contribution is 5.91. The third-order valence-electron chi connectivity index (χ3n) is 5.57. The Bertz CT molecular complexity index is 1050. The van der Waals surface area contributed by atoms with Crippen LogP contribution in [0.3, 0.4) is 0 Å². The van der Waals surface area contributed by atoms with Gasteiger partial charge in [-0.25, -0.2) is 4.98 Å². The average molecular weight is 375 g/mol. The molecule has 0 bridgehead atoms. The van der Waals surface area contributed by atoms with Crippen LogP contribution in [0, 0.1) is 5.92 Å². The van der Waals surface area contributed by atoms with E-state index in [1.165, 1.54) is 12.8 Å². The number of fused-ring (bicyclic) bond motifs is 1. The first kappa shape index (κ1) is 18.4. The lowest BCUT2D eigenvalue weighted by atomic mass is 10.0. The predicted octanol–water partition coefficient (Wildman–Crippen LogP) is 4.67. The summed E-state index contributed by atoms with van der Waals surface area (Å²) in [6.45, 7) is 2.06.